The maximum atomic E-state index is 9.00. The molecule has 1 saturated heterocycles. The molecule has 78 valence electrons. The summed E-state index contributed by atoms with van der Waals surface area (Å²) in [5.41, 5.74) is 6.73. The largest absolute Gasteiger partial charge is 0.397 e. The van der Waals surface area contributed by atoms with Crippen molar-refractivity contribution in [1.29, 1.82) is 5.26 Å². The molecule has 15 heavy (non-hydrogen) atoms. The van der Waals surface area contributed by atoms with Gasteiger partial charge in [-0.25, -0.2) is 4.98 Å². The molecule has 0 unspecified atom stereocenters. The zero-order valence-electron chi connectivity index (χ0n) is 8.61. The molecule has 1 aliphatic rings. The average Bonchev–Trinajstić information content (AvgIpc) is 2.30. The number of nitrogens with two attached hydrogens (primary N) is 1. The minimum Gasteiger partial charge on any atom is -0.397 e. The number of aromatic nitrogens is 1. The summed E-state index contributed by atoms with van der Waals surface area (Å²) < 4.78 is 0. The molecular formula is C11H14N4. The molecule has 4 nitrogen and oxygen atoms in total. The van der Waals surface area contributed by atoms with Crippen molar-refractivity contribution in [1.82, 2.24) is 4.98 Å². The normalized spacial score (nSPS) is 16.1. The van der Waals surface area contributed by atoms with E-state index in [2.05, 4.69) is 16.0 Å². The summed E-state index contributed by atoms with van der Waals surface area (Å²) in [6, 6.07) is 3.84. The summed E-state index contributed by atoms with van der Waals surface area (Å²) >= 11 is 0. The van der Waals surface area contributed by atoms with Crippen LogP contribution in [0.15, 0.2) is 12.3 Å². The maximum absolute atomic E-state index is 9.00. The lowest BCUT2D eigenvalue weighted by molar-refractivity contribution is 0.573. The number of hydrogen-bond acceptors (Lipinski definition) is 4. The molecular weight excluding hydrogens is 188 g/mol. The Balaban J connectivity index is 2.30. The topological polar surface area (TPSA) is 65.9 Å². The highest BCUT2D eigenvalue weighted by Gasteiger charge is 2.15. The van der Waals surface area contributed by atoms with Crippen LogP contribution in [0.2, 0.25) is 0 Å². The average molecular weight is 202 g/mol. The number of hydrogen-bond donors (Lipinski definition) is 1. The smallest absolute Gasteiger partial charge is 0.146 e. The van der Waals surface area contributed by atoms with Gasteiger partial charge in [0.25, 0.3) is 0 Å². The molecule has 1 aliphatic heterocycles. The molecule has 1 aromatic heterocycles. The van der Waals surface area contributed by atoms with E-state index in [9.17, 15) is 0 Å². The van der Waals surface area contributed by atoms with Gasteiger partial charge in [-0.15, -0.1) is 0 Å². The van der Waals surface area contributed by atoms with Gasteiger partial charge in [-0.2, -0.15) is 5.26 Å². The van der Waals surface area contributed by atoms with Crippen molar-refractivity contribution in [2.45, 2.75) is 19.3 Å². The van der Waals surface area contributed by atoms with Crippen LogP contribution in [0.25, 0.3) is 0 Å². The molecule has 2 heterocycles. The molecule has 0 radical (unpaired) electrons. The molecule has 1 fully saturated rings. The summed E-state index contributed by atoms with van der Waals surface area (Å²) in [5.74, 6) is 0.784. The van der Waals surface area contributed by atoms with E-state index < -0.39 is 0 Å². The molecule has 2 N–H and O–H groups in total. The first-order valence-corrected chi connectivity index (χ1v) is 5.22. The van der Waals surface area contributed by atoms with Gasteiger partial charge in [-0.3, -0.25) is 0 Å². The number of anilines is 2. The van der Waals surface area contributed by atoms with Crippen LogP contribution in [-0.2, 0) is 0 Å². The van der Waals surface area contributed by atoms with Crippen molar-refractivity contribution in [3.05, 3.63) is 17.8 Å². The molecule has 4 heteroatoms. The van der Waals surface area contributed by atoms with E-state index in [4.69, 9.17) is 11.0 Å². The Labute approximate surface area is 89.3 Å². The highest BCUT2D eigenvalue weighted by molar-refractivity contribution is 5.58. The minimum absolute atomic E-state index is 0.548. The number of piperidine rings is 1. The van der Waals surface area contributed by atoms with Crippen molar-refractivity contribution in [3.63, 3.8) is 0 Å². The number of pyridine rings is 1. The summed E-state index contributed by atoms with van der Waals surface area (Å²) in [6.07, 6.45) is 5.24. The first-order valence-electron chi connectivity index (χ1n) is 5.22. The second-order valence-corrected chi connectivity index (χ2v) is 3.80. The van der Waals surface area contributed by atoms with Crippen LogP contribution in [0.1, 0.15) is 24.8 Å². The van der Waals surface area contributed by atoms with Crippen LogP contribution in [0.4, 0.5) is 11.5 Å². The van der Waals surface area contributed by atoms with Gasteiger partial charge in [0.05, 0.1) is 17.4 Å². The van der Waals surface area contributed by atoms with Gasteiger partial charge in [-0.05, 0) is 25.3 Å². The van der Waals surface area contributed by atoms with E-state index in [-0.39, 0.29) is 0 Å². The molecule has 0 atom stereocenters. The van der Waals surface area contributed by atoms with Crippen molar-refractivity contribution < 1.29 is 0 Å². The van der Waals surface area contributed by atoms with Crippen molar-refractivity contribution in [3.8, 4) is 6.07 Å². The summed E-state index contributed by atoms with van der Waals surface area (Å²) in [5, 5.41) is 9.00. The van der Waals surface area contributed by atoms with Gasteiger partial charge in [-0.1, -0.05) is 0 Å². The number of nitrogen functional groups attached to an aromatic ring is 1. The molecule has 0 spiro atoms. The Morgan fingerprint density at radius 1 is 1.33 bits per heavy atom. The Morgan fingerprint density at radius 3 is 2.73 bits per heavy atom. The predicted octanol–water partition coefficient (Wildman–Crippen LogP) is 1.53. The summed E-state index contributed by atoms with van der Waals surface area (Å²) in [7, 11) is 0. The van der Waals surface area contributed by atoms with E-state index in [1.807, 2.05) is 0 Å². The van der Waals surface area contributed by atoms with E-state index in [1.165, 1.54) is 19.3 Å². The van der Waals surface area contributed by atoms with Crippen LogP contribution in [0.3, 0.4) is 0 Å². The predicted molar refractivity (Wildman–Crippen MR) is 59.4 cm³/mol. The van der Waals surface area contributed by atoms with Gasteiger partial charge in [0.2, 0.25) is 0 Å². The highest BCUT2D eigenvalue weighted by atomic mass is 15.2. The number of nitriles is 1. The molecule has 0 aromatic carbocycles. The van der Waals surface area contributed by atoms with Gasteiger partial charge in [0, 0.05) is 13.1 Å². The van der Waals surface area contributed by atoms with Crippen LogP contribution in [0, 0.1) is 11.3 Å². The fourth-order valence-corrected chi connectivity index (χ4v) is 1.91. The fourth-order valence-electron chi connectivity index (χ4n) is 1.91. The lowest BCUT2D eigenvalue weighted by atomic mass is 10.1. The second-order valence-electron chi connectivity index (χ2n) is 3.80. The monoisotopic (exact) mass is 202 g/mol. The lowest BCUT2D eigenvalue weighted by Gasteiger charge is -2.28. The zero-order chi connectivity index (χ0) is 10.7. The van der Waals surface area contributed by atoms with Crippen molar-refractivity contribution in [2.75, 3.05) is 23.7 Å². The van der Waals surface area contributed by atoms with Gasteiger partial charge < -0.3 is 10.6 Å². The number of rotatable bonds is 1. The molecule has 0 aliphatic carbocycles. The number of nitrogens with zero attached hydrogens (tertiary/aromatic N) is 3. The van der Waals surface area contributed by atoms with E-state index in [1.54, 1.807) is 12.3 Å². The quantitative estimate of drug-likeness (QED) is 0.750. The minimum atomic E-state index is 0.548. The van der Waals surface area contributed by atoms with Crippen molar-refractivity contribution in [2.24, 2.45) is 0 Å². The molecule has 0 bridgehead atoms. The third-order valence-corrected chi connectivity index (χ3v) is 2.66. The molecule has 1 aromatic rings. The SMILES string of the molecule is N#Cc1cc(N)cnc1N1CCCCC1. The van der Waals surface area contributed by atoms with Gasteiger partial charge in [0.1, 0.15) is 11.9 Å². The van der Waals surface area contributed by atoms with Crippen LogP contribution < -0.4 is 10.6 Å². The zero-order valence-corrected chi connectivity index (χ0v) is 8.61. The highest BCUT2D eigenvalue weighted by Crippen LogP contribution is 2.22. The Kier molecular flexibility index (Phi) is 2.72. The van der Waals surface area contributed by atoms with Crippen LogP contribution in [0.5, 0.6) is 0 Å². The van der Waals surface area contributed by atoms with Gasteiger partial charge >= 0.3 is 0 Å². The lowest BCUT2D eigenvalue weighted by Crippen LogP contribution is -2.30. The van der Waals surface area contributed by atoms with Crippen LogP contribution in [-0.4, -0.2) is 18.1 Å². The maximum Gasteiger partial charge on any atom is 0.146 e. The standard InChI is InChI=1S/C11H14N4/c12-7-9-6-10(13)8-14-11(9)15-4-2-1-3-5-15/h6,8H,1-5,13H2. The van der Waals surface area contributed by atoms with E-state index in [0.29, 0.717) is 11.3 Å². The summed E-state index contributed by atoms with van der Waals surface area (Å²) in [6.45, 7) is 1.98. The molecule has 2 rings (SSSR count). The fraction of sp³-hybridized carbons (Fsp3) is 0.455. The second kappa shape index (κ2) is 4.18. The first kappa shape index (κ1) is 9.78. The van der Waals surface area contributed by atoms with E-state index >= 15 is 0 Å². The van der Waals surface area contributed by atoms with Gasteiger partial charge in [0.15, 0.2) is 0 Å². The molecule has 0 saturated carbocycles. The Morgan fingerprint density at radius 2 is 2.07 bits per heavy atom. The Hall–Kier alpha value is -1.76. The Bertz CT molecular complexity index is 388. The first-order chi connectivity index (χ1) is 7.31. The molecule has 0 amide bonds. The van der Waals surface area contributed by atoms with Crippen molar-refractivity contribution >= 4 is 11.5 Å². The van der Waals surface area contributed by atoms with E-state index in [0.717, 1.165) is 18.9 Å². The summed E-state index contributed by atoms with van der Waals surface area (Å²) in [4.78, 5) is 6.42. The van der Waals surface area contributed by atoms with Crippen LogP contribution >= 0.6 is 0 Å². The third-order valence-electron chi connectivity index (χ3n) is 2.66. The third kappa shape index (κ3) is 2.01.